The normalized spacial score (nSPS) is 10.4. The van der Waals surface area contributed by atoms with Crippen molar-refractivity contribution in [2.75, 3.05) is 0 Å². The minimum atomic E-state index is -1.56. The molecule has 1 heterocycles. The number of aromatic nitrogens is 1. The summed E-state index contributed by atoms with van der Waals surface area (Å²) in [7, 11) is 0. The van der Waals surface area contributed by atoms with Gasteiger partial charge in [-0.25, -0.2) is 8.78 Å². The third kappa shape index (κ3) is 2.68. The van der Waals surface area contributed by atoms with Gasteiger partial charge in [0, 0.05) is 12.1 Å². The highest BCUT2D eigenvalue weighted by Crippen LogP contribution is 2.32. The first-order valence-electron chi connectivity index (χ1n) is 5.33. The van der Waals surface area contributed by atoms with Gasteiger partial charge in [0.15, 0.2) is 11.6 Å². The second kappa shape index (κ2) is 5.16. The Kier molecular flexibility index (Phi) is 3.55. The van der Waals surface area contributed by atoms with E-state index in [9.17, 15) is 23.3 Å². The van der Waals surface area contributed by atoms with E-state index in [2.05, 4.69) is 4.98 Å². The van der Waals surface area contributed by atoms with E-state index in [1.165, 1.54) is 12.1 Å². The van der Waals surface area contributed by atoms with Crippen LogP contribution in [0.5, 0.6) is 11.6 Å². The monoisotopic (exact) mass is 284 g/mol. The average molecular weight is 284 g/mol. The summed E-state index contributed by atoms with van der Waals surface area (Å²) in [6.07, 6.45) is 0. The van der Waals surface area contributed by atoms with Gasteiger partial charge in [-0.3, -0.25) is 10.1 Å². The summed E-state index contributed by atoms with van der Waals surface area (Å²) in [5.74, 6) is -5.49. The number of hydrogen-bond donors (Lipinski definition) is 0. The minimum Gasteiger partial charge on any atom is -0.429 e. The van der Waals surface area contributed by atoms with Gasteiger partial charge in [-0.15, -0.1) is 0 Å². The van der Waals surface area contributed by atoms with Gasteiger partial charge in [0.25, 0.3) is 11.8 Å². The van der Waals surface area contributed by atoms with Crippen molar-refractivity contribution in [3.8, 4) is 11.6 Å². The first kappa shape index (κ1) is 13.8. The fourth-order valence-corrected chi connectivity index (χ4v) is 1.46. The Hall–Kier alpha value is -2.64. The van der Waals surface area contributed by atoms with Gasteiger partial charge in [-0.05, 0) is 18.6 Å². The second-order valence-corrected chi connectivity index (χ2v) is 3.88. The quantitative estimate of drug-likeness (QED) is 0.491. The smallest absolute Gasteiger partial charge is 0.311 e. The molecule has 5 nitrogen and oxygen atoms in total. The lowest BCUT2D eigenvalue weighted by Gasteiger charge is -2.07. The Balaban J connectivity index is 2.47. The maximum atomic E-state index is 13.4. The fourth-order valence-electron chi connectivity index (χ4n) is 1.46. The lowest BCUT2D eigenvalue weighted by Crippen LogP contribution is -2.00. The molecule has 0 saturated carbocycles. The molecule has 0 bridgehead atoms. The predicted octanol–water partition coefficient (Wildman–Crippen LogP) is 3.51. The maximum absolute atomic E-state index is 13.4. The van der Waals surface area contributed by atoms with Gasteiger partial charge in [0.2, 0.25) is 5.75 Å². The van der Waals surface area contributed by atoms with Gasteiger partial charge in [0.05, 0.1) is 4.92 Å². The molecule has 104 valence electrons. The number of nitro groups is 1. The molecule has 0 aliphatic carbocycles. The number of halogens is 3. The van der Waals surface area contributed by atoms with Crippen LogP contribution in [-0.4, -0.2) is 9.91 Å². The third-order valence-corrected chi connectivity index (χ3v) is 2.37. The van der Waals surface area contributed by atoms with Crippen LogP contribution >= 0.6 is 0 Å². The average Bonchev–Trinajstić information content (AvgIpc) is 2.35. The van der Waals surface area contributed by atoms with Crippen molar-refractivity contribution in [1.29, 1.82) is 0 Å². The standard InChI is InChI=1S/C12H7F3N2O3/c1-6-2-3-9(17(18)19)10(4-6)20-12-8(14)5-7(13)11(15)16-12/h2-5H,1H3. The molecule has 0 amide bonds. The first-order chi connectivity index (χ1) is 9.38. The Morgan fingerprint density at radius 1 is 1.20 bits per heavy atom. The van der Waals surface area contributed by atoms with E-state index >= 15 is 0 Å². The number of nitrogens with zero attached hydrogens (tertiary/aromatic N) is 2. The van der Waals surface area contributed by atoms with E-state index < -0.39 is 34.1 Å². The van der Waals surface area contributed by atoms with Gasteiger partial charge in [0.1, 0.15) is 0 Å². The second-order valence-electron chi connectivity index (χ2n) is 3.88. The lowest BCUT2D eigenvalue weighted by molar-refractivity contribution is -0.385. The number of hydrogen-bond acceptors (Lipinski definition) is 4. The molecular formula is C12H7F3N2O3. The summed E-state index contributed by atoms with van der Waals surface area (Å²) in [4.78, 5) is 13.0. The van der Waals surface area contributed by atoms with E-state index in [1.807, 2.05) is 0 Å². The van der Waals surface area contributed by atoms with Crippen molar-refractivity contribution in [3.63, 3.8) is 0 Å². The van der Waals surface area contributed by atoms with Crippen molar-refractivity contribution >= 4 is 5.69 Å². The van der Waals surface area contributed by atoms with Gasteiger partial charge in [-0.1, -0.05) is 6.07 Å². The summed E-state index contributed by atoms with van der Waals surface area (Å²) in [6, 6.07) is 4.13. The number of benzene rings is 1. The van der Waals surface area contributed by atoms with E-state index in [4.69, 9.17) is 4.74 Å². The molecule has 0 radical (unpaired) electrons. The molecule has 0 aliphatic heterocycles. The van der Waals surface area contributed by atoms with Crippen LogP contribution in [0.2, 0.25) is 0 Å². The number of rotatable bonds is 3. The molecule has 0 spiro atoms. The zero-order chi connectivity index (χ0) is 14.9. The van der Waals surface area contributed by atoms with Crippen LogP contribution in [0.4, 0.5) is 18.9 Å². The molecule has 0 saturated heterocycles. The van der Waals surface area contributed by atoms with E-state index in [-0.39, 0.29) is 11.8 Å². The van der Waals surface area contributed by atoms with Crippen LogP contribution in [-0.2, 0) is 0 Å². The Bertz CT molecular complexity index is 692. The molecule has 0 N–H and O–H groups in total. The van der Waals surface area contributed by atoms with E-state index in [1.54, 1.807) is 6.92 Å². The molecule has 0 fully saturated rings. The highest BCUT2D eigenvalue weighted by atomic mass is 19.2. The van der Waals surface area contributed by atoms with Crippen LogP contribution in [0.1, 0.15) is 5.56 Å². The fraction of sp³-hybridized carbons (Fsp3) is 0.0833. The lowest BCUT2D eigenvalue weighted by atomic mass is 10.2. The molecule has 2 aromatic rings. The van der Waals surface area contributed by atoms with Crippen LogP contribution < -0.4 is 4.74 Å². The van der Waals surface area contributed by atoms with Crippen molar-refractivity contribution in [3.05, 3.63) is 57.5 Å². The number of pyridine rings is 1. The van der Waals surface area contributed by atoms with Crippen molar-refractivity contribution in [1.82, 2.24) is 4.98 Å². The highest BCUT2D eigenvalue weighted by Gasteiger charge is 2.20. The number of nitro benzene ring substituents is 1. The molecule has 0 unspecified atom stereocenters. The molecule has 0 atom stereocenters. The summed E-state index contributed by atoms with van der Waals surface area (Å²) >= 11 is 0. The molecule has 1 aromatic heterocycles. The zero-order valence-corrected chi connectivity index (χ0v) is 10.1. The number of aryl methyl sites for hydroxylation is 1. The Morgan fingerprint density at radius 2 is 1.90 bits per heavy atom. The molecule has 20 heavy (non-hydrogen) atoms. The summed E-state index contributed by atoms with van der Waals surface area (Å²) in [5.41, 5.74) is 0.162. The van der Waals surface area contributed by atoms with Crippen LogP contribution in [0.3, 0.4) is 0 Å². The first-order valence-corrected chi connectivity index (χ1v) is 5.33. The SMILES string of the molecule is Cc1ccc([N+](=O)[O-])c(Oc2nc(F)c(F)cc2F)c1. The largest absolute Gasteiger partial charge is 0.429 e. The van der Waals surface area contributed by atoms with Gasteiger partial charge < -0.3 is 4.74 Å². The summed E-state index contributed by atoms with van der Waals surface area (Å²) in [5, 5.41) is 10.8. The molecule has 0 aliphatic rings. The van der Waals surface area contributed by atoms with Gasteiger partial charge >= 0.3 is 5.69 Å². The Morgan fingerprint density at radius 3 is 2.55 bits per heavy atom. The minimum absolute atomic E-state index is 0.249. The van der Waals surface area contributed by atoms with E-state index in [0.29, 0.717) is 5.56 Å². The summed E-state index contributed by atoms with van der Waals surface area (Å²) in [6.45, 7) is 1.63. The van der Waals surface area contributed by atoms with Gasteiger partial charge in [-0.2, -0.15) is 9.37 Å². The van der Waals surface area contributed by atoms with Crippen LogP contribution in [0, 0.1) is 34.6 Å². The molecule has 2 rings (SSSR count). The van der Waals surface area contributed by atoms with E-state index in [0.717, 1.165) is 6.07 Å². The maximum Gasteiger partial charge on any atom is 0.311 e. The Labute approximate surface area is 110 Å². The van der Waals surface area contributed by atoms with Crippen LogP contribution in [0.25, 0.3) is 0 Å². The highest BCUT2D eigenvalue weighted by molar-refractivity contribution is 5.49. The van der Waals surface area contributed by atoms with Crippen LogP contribution in [0.15, 0.2) is 24.3 Å². The summed E-state index contributed by atoms with van der Waals surface area (Å²) < 4.78 is 43.9. The topological polar surface area (TPSA) is 65.3 Å². The number of ether oxygens (including phenoxy) is 1. The van der Waals surface area contributed by atoms with Crippen molar-refractivity contribution < 1.29 is 22.8 Å². The zero-order valence-electron chi connectivity index (χ0n) is 10.1. The molecule has 1 aromatic carbocycles. The molecule has 8 heteroatoms. The van der Waals surface area contributed by atoms with Crippen molar-refractivity contribution in [2.24, 2.45) is 0 Å². The predicted molar refractivity (Wildman–Crippen MR) is 62.0 cm³/mol. The van der Waals surface area contributed by atoms with Crippen molar-refractivity contribution in [2.45, 2.75) is 6.92 Å². The third-order valence-electron chi connectivity index (χ3n) is 2.37. The molecular weight excluding hydrogens is 277 g/mol.